The van der Waals surface area contributed by atoms with Gasteiger partial charge in [-0.05, 0) is 66.9 Å². The van der Waals surface area contributed by atoms with E-state index < -0.39 is 0 Å². The van der Waals surface area contributed by atoms with E-state index in [0.29, 0.717) is 29.2 Å². The molecule has 2 amide bonds. The number of aryl methyl sites for hydroxylation is 1. The maximum absolute atomic E-state index is 13.0. The summed E-state index contributed by atoms with van der Waals surface area (Å²) < 4.78 is 0. The number of hydrogen-bond donors (Lipinski definition) is 1. The first-order valence-electron chi connectivity index (χ1n) is 9.55. The summed E-state index contributed by atoms with van der Waals surface area (Å²) in [5, 5.41) is 3.52. The lowest BCUT2D eigenvalue weighted by Gasteiger charge is -2.18. The zero-order valence-electron chi connectivity index (χ0n) is 16.1. The first-order valence-corrected chi connectivity index (χ1v) is 9.93. The van der Waals surface area contributed by atoms with Gasteiger partial charge < -0.3 is 10.2 Å². The number of hydrogen-bond acceptors (Lipinski definition) is 2. The molecule has 1 N–H and O–H groups in total. The number of halogens is 1. The summed E-state index contributed by atoms with van der Waals surface area (Å²) in [6.45, 7) is 3.04. The number of rotatable bonds is 4. The maximum Gasteiger partial charge on any atom is 0.258 e. The molecule has 29 heavy (non-hydrogen) atoms. The lowest BCUT2D eigenvalue weighted by atomic mass is 10.1. The maximum atomic E-state index is 13.0. The molecule has 4 rings (SSSR count). The van der Waals surface area contributed by atoms with Crippen LogP contribution in [0.25, 0.3) is 0 Å². The summed E-state index contributed by atoms with van der Waals surface area (Å²) in [5.74, 6) is -0.148. The van der Waals surface area contributed by atoms with Crippen LogP contribution in [0.15, 0.2) is 66.7 Å². The van der Waals surface area contributed by atoms with Gasteiger partial charge in [0.25, 0.3) is 11.8 Å². The van der Waals surface area contributed by atoms with Crippen molar-refractivity contribution in [1.29, 1.82) is 0 Å². The van der Waals surface area contributed by atoms with Gasteiger partial charge in [0.2, 0.25) is 0 Å². The van der Waals surface area contributed by atoms with Crippen LogP contribution >= 0.6 is 11.6 Å². The fraction of sp³-hybridized carbons (Fsp3) is 0.167. The largest absolute Gasteiger partial charge is 0.348 e. The fourth-order valence-electron chi connectivity index (χ4n) is 3.57. The van der Waals surface area contributed by atoms with Gasteiger partial charge in [0.1, 0.15) is 0 Å². The molecule has 0 spiro atoms. The summed E-state index contributed by atoms with van der Waals surface area (Å²) in [6, 6.07) is 20.5. The Bertz CT molecular complexity index is 1080. The van der Waals surface area contributed by atoms with Gasteiger partial charge in [-0.3, -0.25) is 9.59 Å². The second kappa shape index (κ2) is 8.10. The number of anilines is 1. The number of carbonyl (C=O) groups excluding carboxylic acids is 2. The molecule has 1 aliphatic heterocycles. The van der Waals surface area contributed by atoms with Gasteiger partial charge in [-0.25, -0.2) is 0 Å². The van der Waals surface area contributed by atoms with E-state index in [-0.39, 0.29) is 11.8 Å². The normalized spacial score (nSPS) is 12.6. The van der Waals surface area contributed by atoms with E-state index in [1.807, 2.05) is 54.3 Å². The molecule has 0 aliphatic carbocycles. The first-order chi connectivity index (χ1) is 14.0. The molecule has 0 unspecified atom stereocenters. The lowest BCUT2D eigenvalue weighted by Crippen LogP contribution is -2.29. The highest BCUT2D eigenvalue weighted by atomic mass is 35.5. The Labute approximate surface area is 175 Å². The minimum atomic E-state index is -0.158. The van der Waals surface area contributed by atoms with E-state index in [0.717, 1.165) is 28.8 Å². The molecule has 3 aromatic carbocycles. The third-order valence-corrected chi connectivity index (χ3v) is 5.37. The van der Waals surface area contributed by atoms with Gasteiger partial charge in [0, 0.05) is 34.9 Å². The summed E-state index contributed by atoms with van der Waals surface area (Å²) >= 11 is 5.87. The highest BCUT2D eigenvalue weighted by Crippen LogP contribution is 2.30. The molecule has 0 radical (unpaired) electrons. The van der Waals surface area contributed by atoms with E-state index in [9.17, 15) is 9.59 Å². The summed E-state index contributed by atoms with van der Waals surface area (Å²) in [7, 11) is 0. The third kappa shape index (κ3) is 4.17. The molecule has 0 saturated carbocycles. The standard InChI is InChI=1S/C24H21ClN2O2/c1-16-3-2-4-20(13-16)24(29)27-12-11-18-6-5-17(14-22(18)27)15-26-23(28)19-7-9-21(25)10-8-19/h2-10,13-14H,11-12,15H2,1H3,(H,26,28). The molecule has 3 aromatic rings. The van der Waals surface area contributed by atoms with Crippen molar-refractivity contribution < 1.29 is 9.59 Å². The van der Waals surface area contributed by atoms with Crippen molar-refractivity contribution in [2.75, 3.05) is 11.4 Å². The van der Waals surface area contributed by atoms with Crippen molar-refractivity contribution in [3.05, 3.63) is 99.6 Å². The number of amides is 2. The van der Waals surface area contributed by atoms with Crippen molar-refractivity contribution in [3.8, 4) is 0 Å². The van der Waals surface area contributed by atoms with Crippen molar-refractivity contribution in [2.24, 2.45) is 0 Å². The molecule has 0 saturated heterocycles. The van der Waals surface area contributed by atoms with Crippen molar-refractivity contribution in [2.45, 2.75) is 19.9 Å². The summed E-state index contributed by atoms with van der Waals surface area (Å²) in [5.41, 5.74) is 5.35. The van der Waals surface area contributed by atoms with E-state index in [4.69, 9.17) is 11.6 Å². The average Bonchev–Trinajstić information content (AvgIpc) is 3.15. The van der Waals surface area contributed by atoms with Crippen LogP contribution in [-0.2, 0) is 13.0 Å². The van der Waals surface area contributed by atoms with Crippen LogP contribution in [0.4, 0.5) is 5.69 Å². The SMILES string of the molecule is Cc1cccc(C(=O)N2CCc3ccc(CNC(=O)c4ccc(Cl)cc4)cc32)c1. The van der Waals surface area contributed by atoms with Crippen LogP contribution in [0.2, 0.25) is 5.02 Å². The number of nitrogens with zero attached hydrogens (tertiary/aromatic N) is 1. The predicted molar refractivity (Wildman–Crippen MR) is 116 cm³/mol. The van der Waals surface area contributed by atoms with E-state index in [1.54, 1.807) is 24.3 Å². The van der Waals surface area contributed by atoms with Gasteiger partial charge in [-0.15, -0.1) is 0 Å². The molecule has 0 fully saturated rings. The minimum Gasteiger partial charge on any atom is -0.348 e. The molecule has 4 nitrogen and oxygen atoms in total. The molecule has 1 heterocycles. The second-order valence-electron chi connectivity index (χ2n) is 7.23. The Kier molecular flexibility index (Phi) is 5.36. The number of benzene rings is 3. The van der Waals surface area contributed by atoms with Gasteiger partial charge >= 0.3 is 0 Å². The molecule has 1 aliphatic rings. The Morgan fingerprint density at radius 1 is 1.00 bits per heavy atom. The molecule has 5 heteroatoms. The van der Waals surface area contributed by atoms with E-state index >= 15 is 0 Å². The highest BCUT2D eigenvalue weighted by Gasteiger charge is 2.25. The Balaban J connectivity index is 1.49. The molecule has 0 bridgehead atoms. The van der Waals surface area contributed by atoms with Crippen molar-refractivity contribution in [1.82, 2.24) is 5.32 Å². The highest BCUT2D eigenvalue weighted by molar-refractivity contribution is 6.30. The molecule has 0 atom stereocenters. The smallest absolute Gasteiger partial charge is 0.258 e. The second-order valence-corrected chi connectivity index (χ2v) is 7.67. The van der Waals surface area contributed by atoms with E-state index in [1.165, 1.54) is 0 Å². The zero-order valence-corrected chi connectivity index (χ0v) is 16.9. The molecular weight excluding hydrogens is 384 g/mol. The van der Waals surface area contributed by atoms with Crippen LogP contribution in [0.1, 0.15) is 37.4 Å². The molecular formula is C24H21ClN2O2. The summed E-state index contributed by atoms with van der Waals surface area (Å²) in [4.78, 5) is 27.2. The Hall–Kier alpha value is -3.11. The van der Waals surface area contributed by atoms with Crippen LogP contribution < -0.4 is 10.2 Å². The van der Waals surface area contributed by atoms with Crippen molar-refractivity contribution >= 4 is 29.1 Å². The minimum absolute atomic E-state index is 0.00907. The van der Waals surface area contributed by atoms with E-state index in [2.05, 4.69) is 5.32 Å². The first kappa shape index (κ1) is 19.2. The monoisotopic (exact) mass is 404 g/mol. The number of nitrogens with one attached hydrogen (secondary N) is 1. The Morgan fingerprint density at radius 2 is 1.79 bits per heavy atom. The van der Waals surface area contributed by atoms with Crippen LogP contribution in [0.5, 0.6) is 0 Å². The van der Waals surface area contributed by atoms with Gasteiger partial charge in [0.15, 0.2) is 0 Å². The van der Waals surface area contributed by atoms with Crippen LogP contribution in [0, 0.1) is 6.92 Å². The number of fused-ring (bicyclic) bond motifs is 1. The molecule has 146 valence electrons. The molecule has 0 aromatic heterocycles. The third-order valence-electron chi connectivity index (χ3n) is 5.11. The number of carbonyl (C=O) groups is 2. The van der Waals surface area contributed by atoms with Crippen LogP contribution in [-0.4, -0.2) is 18.4 Å². The Morgan fingerprint density at radius 3 is 2.55 bits per heavy atom. The van der Waals surface area contributed by atoms with Crippen molar-refractivity contribution in [3.63, 3.8) is 0 Å². The fourth-order valence-corrected chi connectivity index (χ4v) is 3.69. The zero-order chi connectivity index (χ0) is 20.4. The lowest BCUT2D eigenvalue weighted by molar-refractivity contribution is 0.0949. The van der Waals surface area contributed by atoms with Gasteiger partial charge in [-0.2, -0.15) is 0 Å². The summed E-state index contributed by atoms with van der Waals surface area (Å²) in [6.07, 6.45) is 0.838. The van der Waals surface area contributed by atoms with Gasteiger partial charge in [0.05, 0.1) is 0 Å². The topological polar surface area (TPSA) is 49.4 Å². The van der Waals surface area contributed by atoms with Gasteiger partial charge in [-0.1, -0.05) is 41.4 Å². The average molecular weight is 405 g/mol. The quantitative estimate of drug-likeness (QED) is 0.680. The van der Waals surface area contributed by atoms with Crippen LogP contribution in [0.3, 0.4) is 0 Å². The predicted octanol–water partition coefficient (Wildman–Crippen LogP) is 4.78.